The van der Waals surface area contributed by atoms with Gasteiger partial charge >= 0.3 is 0 Å². The Morgan fingerprint density at radius 3 is 0.718 bits per heavy atom. The lowest BCUT2D eigenvalue weighted by atomic mass is 9.87. The standard InChI is InChI=1S/C30H35NO3.2C29H33NO3.C27H29NO3/c1-31-20-5-9-26(31)19-22-34-28-17-13-25(14-18-28)30(24-11-15-27(33)16-12-24)29(10-6-21-32)23-7-3-2-4-8-23;2*1-30-19-5-9-25(30)21-33-27-17-13-24(14-18-27)29(23-11-15-26(32)16-12-23)28(10-6-20-31)22-7-3-2-4-8-22;29-19-4-7-26(21-5-2-1-3-6-21)27(22-8-12-24(30)13-9-22)23-10-14-25(15-11-23)31-20-18-28-16-17-28/h2-4,7-8,11-18,26,32-33H,5-6,9-10,19-22H2,1H3;2*2-4,7-8,11-18,25,31-32H,5-6,9-10,19-21H2,1H3;1-3,5-6,8-15,29-30H,4,7,16-20H2/b30-29-;2*29-28-;27-26-/t;2*25-;/m.10./s1. The molecule has 682 valence electrons. The van der Waals surface area contributed by atoms with E-state index in [0.717, 1.165) is 170 Å². The number of aliphatic hydroxyl groups excluding tert-OH is 4. The zero-order chi connectivity index (χ0) is 91.3. The number of likely N-dealkylation sites (N-methyl/N-ethyl adjacent to an activating group) is 2. The molecule has 16 heteroatoms. The van der Waals surface area contributed by atoms with Crippen molar-refractivity contribution in [3.63, 3.8) is 0 Å². The summed E-state index contributed by atoms with van der Waals surface area (Å²) in [6.07, 6.45) is 14.2. The predicted octanol–water partition coefficient (Wildman–Crippen LogP) is 22.0. The average molecular weight is 1760 g/mol. The number of phenolic OH excluding ortho intramolecular Hbond substituents is 4. The molecule has 16 nitrogen and oxygen atoms in total. The zero-order valence-electron chi connectivity index (χ0n) is 76.3. The fourth-order valence-corrected chi connectivity index (χ4v) is 17.7. The maximum atomic E-state index is 9.85. The van der Waals surface area contributed by atoms with Gasteiger partial charge in [-0.2, -0.15) is 0 Å². The van der Waals surface area contributed by atoms with Crippen LogP contribution in [0.4, 0.5) is 0 Å². The third-order valence-corrected chi connectivity index (χ3v) is 25.1. The summed E-state index contributed by atoms with van der Waals surface area (Å²) >= 11 is 0. The second-order valence-electron chi connectivity index (χ2n) is 34.3. The van der Waals surface area contributed by atoms with Crippen LogP contribution >= 0.6 is 0 Å². The lowest BCUT2D eigenvalue weighted by Crippen LogP contribution is -2.30. The lowest BCUT2D eigenvalue weighted by Gasteiger charge is -2.20. The van der Waals surface area contributed by atoms with E-state index in [1.165, 1.54) is 80.5 Å². The van der Waals surface area contributed by atoms with E-state index in [9.17, 15) is 40.9 Å². The van der Waals surface area contributed by atoms with Crippen molar-refractivity contribution in [1.29, 1.82) is 0 Å². The van der Waals surface area contributed by atoms with Gasteiger partial charge in [-0.25, -0.2) is 0 Å². The van der Waals surface area contributed by atoms with Crippen LogP contribution in [0.5, 0.6) is 46.0 Å². The highest BCUT2D eigenvalue weighted by molar-refractivity contribution is 6.02. The van der Waals surface area contributed by atoms with Gasteiger partial charge in [0.15, 0.2) is 0 Å². The molecule has 12 aromatic rings. The fourth-order valence-electron chi connectivity index (χ4n) is 17.7. The third kappa shape index (κ3) is 28.6. The molecule has 3 atom stereocenters. The Balaban J connectivity index is 0.000000149. The second-order valence-corrected chi connectivity index (χ2v) is 34.3. The Bertz CT molecular complexity index is 5350. The van der Waals surface area contributed by atoms with E-state index in [1.54, 1.807) is 48.5 Å². The van der Waals surface area contributed by atoms with Gasteiger partial charge in [0, 0.05) is 64.2 Å². The summed E-state index contributed by atoms with van der Waals surface area (Å²) in [6, 6.07) is 105. The van der Waals surface area contributed by atoms with E-state index >= 15 is 0 Å². The predicted molar refractivity (Wildman–Crippen MR) is 533 cm³/mol. The molecule has 0 spiro atoms. The zero-order valence-corrected chi connectivity index (χ0v) is 76.3. The Hall–Kier alpha value is -12.3. The highest BCUT2D eigenvalue weighted by Crippen LogP contribution is 2.42. The van der Waals surface area contributed by atoms with Crippen LogP contribution in [-0.4, -0.2) is 192 Å². The average Bonchev–Trinajstić information content (AvgIpc) is 1.31. The molecule has 0 aliphatic carbocycles. The molecule has 4 fully saturated rings. The fraction of sp³-hybridized carbons (Fsp3) is 0.304. The normalized spacial score (nSPS) is 16.4. The molecule has 12 aromatic carbocycles. The van der Waals surface area contributed by atoms with Crippen molar-refractivity contribution in [1.82, 2.24) is 19.6 Å². The van der Waals surface area contributed by atoms with Gasteiger partial charge < -0.3 is 74.5 Å². The lowest BCUT2D eigenvalue weighted by molar-refractivity contribution is 0.198. The number of aliphatic hydroxyl groups is 4. The van der Waals surface area contributed by atoms with Crippen molar-refractivity contribution >= 4 is 44.6 Å². The van der Waals surface area contributed by atoms with Crippen molar-refractivity contribution < 1.29 is 59.8 Å². The third-order valence-electron chi connectivity index (χ3n) is 25.1. The van der Waals surface area contributed by atoms with Crippen molar-refractivity contribution in [2.24, 2.45) is 0 Å². The SMILES string of the molecule is CN1CCCC1CCOc1ccc(/C(=C(/CCCO)c2ccccc2)c2ccc(O)cc2)cc1.CN1CCC[C@@H]1COc1ccc(/C(=C(/CCCO)c2ccccc2)c2ccc(O)cc2)cc1.CN1CCC[C@H]1COc1ccc(/C(=C(/CCCO)c2ccccc2)c2ccc(O)cc2)cc1.OCCC/C(=C(\c1ccc(O)cc1)c1ccc(OCCN2CC2)cc1)c1ccccc1. The number of hydrogen-bond acceptors (Lipinski definition) is 16. The van der Waals surface area contributed by atoms with E-state index in [4.69, 9.17) is 18.9 Å². The van der Waals surface area contributed by atoms with Crippen molar-refractivity contribution in [3.8, 4) is 46.0 Å². The summed E-state index contributed by atoms with van der Waals surface area (Å²) in [5.41, 5.74) is 22.2. The van der Waals surface area contributed by atoms with Gasteiger partial charge in [0.2, 0.25) is 0 Å². The Kier molecular flexibility index (Phi) is 37.3. The smallest absolute Gasteiger partial charge is 0.119 e. The number of benzene rings is 12. The van der Waals surface area contributed by atoms with Crippen LogP contribution in [0, 0.1) is 0 Å². The number of allylic oxidation sites excluding steroid dienone is 4. The maximum absolute atomic E-state index is 9.85. The van der Waals surface area contributed by atoms with Crippen molar-refractivity contribution in [2.45, 2.75) is 114 Å². The minimum absolute atomic E-state index is 0.140. The summed E-state index contributed by atoms with van der Waals surface area (Å²) in [7, 11) is 6.53. The molecule has 0 aromatic heterocycles. The van der Waals surface area contributed by atoms with E-state index in [1.807, 2.05) is 170 Å². The molecule has 0 bridgehead atoms. The molecule has 4 aliphatic rings. The van der Waals surface area contributed by atoms with E-state index in [0.29, 0.717) is 63.6 Å². The molecule has 16 rings (SSSR count). The minimum Gasteiger partial charge on any atom is -0.508 e. The van der Waals surface area contributed by atoms with Crippen LogP contribution < -0.4 is 18.9 Å². The molecule has 8 N–H and O–H groups in total. The van der Waals surface area contributed by atoms with Crippen molar-refractivity contribution in [3.05, 3.63) is 382 Å². The van der Waals surface area contributed by atoms with E-state index in [2.05, 4.69) is 138 Å². The van der Waals surface area contributed by atoms with Gasteiger partial charge in [0.05, 0.1) is 6.61 Å². The van der Waals surface area contributed by atoms with Gasteiger partial charge in [0.25, 0.3) is 0 Å². The highest BCUT2D eigenvalue weighted by Gasteiger charge is 2.26. The number of aromatic hydroxyl groups is 4. The number of hydrogen-bond donors (Lipinski definition) is 8. The molecule has 0 amide bonds. The van der Waals surface area contributed by atoms with Crippen LogP contribution in [0.1, 0.15) is 163 Å². The molecule has 4 saturated heterocycles. The highest BCUT2D eigenvalue weighted by atomic mass is 16.5. The first-order valence-electron chi connectivity index (χ1n) is 46.7. The summed E-state index contributed by atoms with van der Waals surface area (Å²) in [5, 5.41) is 77.5. The van der Waals surface area contributed by atoms with E-state index < -0.39 is 0 Å². The quantitative estimate of drug-likeness (QED) is 0.0134. The first kappa shape index (κ1) is 96.2. The Morgan fingerprint density at radius 2 is 0.489 bits per heavy atom. The molecular weight excluding hydrogens is 1630 g/mol. The molecule has 4 aliphatic heterocycles. The molecule has 1 unspecified atom stereocenters. The second kappa shape index (κ2) is 50.7. The number of nitrogens with zero attached hydrogens (tertiary/aromatic N) is 4. The topological polar surface area (TPSA) is 211 Å². The monoisotopic (exact) mass is 1760 g/mol. The van der Waals surface area contributed by atoms with Crippen LogP contribution in [0.25, 0.3) is 44.6 Å². The number of phenols is 4. The first-order valence-corrected chi connectivity index (χ1v) is 46.7. The van der Waals surface area contributed by atoms with Gasteiger partial charge in [-0.3, -0.25) is 4.90 Å². The minimum atomic E-state index is 0.140. The first-order chi connectivity index (χ1) is 64.2. The maximum Gasteiger partial charge on any atom is 0.119 e. The number of rotatable bonds is 38. The molecular formula is C115H130N4O12. The van der Waals surface area contributed by atoms with Crippen LogP contribution in [0.2, 0.25) is 0 Å². The van der Waals surface area contributed by atoms with E-state index in [-0.39, 0.29) is 49.4 Å². The Labute approximate surface area is 775 Å². The van der Waals surface area contributed by atoms with Crippen LogP contribution in [-0.2, 0) is 0 Å². The van der Waals surface area contributed by atoms with Crippen LogP contribution in [0.15, 0.2) is 315 Å². The van der Waals surface area contributed by atoms with Gasteiger partial charge in [0.1, 0.15) is 65.8 Å². The summed E-state index contributed by atoms with van der Waals surface area (Å²) in [4.78, 5) is 9.51. The molecule has 4 heterocycles. The van der Waals surface area contributed by atoms with Gasteiger partial charge in [-0.1, -0.05) is 218 Å². The number of likely N-dealkylation sites (tertiary alicyclic amines) is 3. The van der Waals surface area contributed by atoms with Crippen LogP contribution in [0.3, 0.4) is 0 Å². The molecule has 0 radical (unpaired) electrons. The molecule has 131 heavy (non-hydrogen) atoms. The summed E-state index contributed by atoms with van der Waals surface area (Å²) < 4.78 is 24.2. The summed E-state index contributed by atoms with van der Waals surface area (Å²) in [6.45, 7) is 10.2. The Morgan fingerprint density at radius 1 is 0.260 bits per heavy atom. The molecule has 0 saturated carbocycles. The van der Waals surface area contributed by atoms with Gasteiger partial charge in [-0.05, 0) is 345 Å². The summed E-state index contributed by atoms with van der Waals surface area (Å²) in [5.74, 6) is 4.48. The number of ether oxygens (including phenoxy) is 4. The van der Waals surface area contributed by atoms with Crippen molar-refractivity contribution in [2.75, 3.05) is 113 Å². The van der Waals surface area contributed by atoms with Gasteiger partial charge in [-0.15, -0.1) is 0 Å². The largest absolute Gasteiger partial charge is 0.508 e.